The summed E-state index contributed by atoms with van der Waals surface area (Å²) in [6, 6.07) is 57.2. The summed E-state index contributed by atoms with van der Waals surface area (Å²) in [5.74, 6) is 1.81. The summed E-state index contributed by atoms with van der Waals surface area (Å²) in [7, 11) is 0. The van der Waals surface area contributed by atoms with Crippen LogP contribution in [-0.4, -0.2) is 24.5 Å². The fourth-order valence-corrected chi connectivity index (χ4v) is 8.83. The van der Waals surface area contributed by atoms with Gasteiger partial charge in [-0.05, 0) is 42.5 Å². The maximum absolute atomic E-state index is 5.32. The van der Waals surface area contributed by atoms with Gasteiger partial charge in [0.15, 0.2) is 11.6 Å². The fourth-order valence-electron chi connectivity index (χ4n) is 7.71. The molecule has 0 unspecified atom stereocenters. The highest BCUT2D eigenvalue weighted by Gasteiger charge is 2.20. The van der Waals surface area contributed by atoms with Gasteiger partial charge in [-0.2, -0.15) is 9.97 Å². The Kier molecular flexibility index (Phi) is 6.35. The van der Waals surface area contributed by atoms with Crippen molar-refractivity contribution in [2.24, 2.45) is 0 Å². The molecule has 52 heavy (non-hydrogen) atoms. The van der Waals surface area contributed by atoms with Crippen LogP contribution in [0.1, 0.15) is 0 Å². The molecule has 0 radical (unpaired) electrons. The van der Waals surface area contributed by atoms with E-state index < -0.39 is 0 Å². The first-order valence-electron chi connectivity index (χ1n) is 17.3. The number of hydrogen-bond donors (Lipinski definition) is 0. The Balaban J connectivity index is 1.23. The SMILES string of the molecule is c1ccc(-c2nc(-c3ccc4nc(-c5ccccc5)c5ccc6sc7ccccc7c6c5c4c3)nc(-n3c4ccccc4c4ccccc43)n2)cc1. The number of benzene rings is 7. The largest absolute Gasteiger partial charge is 0.278 e. The molecule has 4 heterocycles. The van der Waals surface area contributed by atoms with E-state index >= 15 is 0 Å². The van der Waals surface area contributed by atoms with Crippen LogP contribution in [0, 0.1) is 0 Å². The molecule has 0 aliphatic rings. The van der Waals surface area contributed by atoms with Gasteiger partial charge in [-0.1, -0.05) is 121 Å². The van der Waals surface area contributed by atoms with E-state index in [-0.39, 0.29) is 0 Å². The van der Waals surface area contributed by atoms with Gasteiger partial charge in [0.25, 0.3) is 0 Å². The quantitative estimate of drug-likeness (QED) is 0.174. The Morgan fingerprint density at radius 3 is 1.73 bits per heavy atom. The normalized spacial score (nSPS) is 11.8. The minimum Gasteiger partial charge on any atom is -0.278 e. The second kappa shape index (κ2) is 11.4. The van der Waals surface area contributed by atoms with Gasteiger partial charge in [0.1, 0.15) is 0 Å². The first-order chi connectivity index (χ1) is 25.8. The molecule has 0 spiro atoms. The number of aromatic nitrogens is 5. The van der Waals surface area contributed by atoms with E-state index in [9.17, 15) is 0 Å². The second-order valence-electron chi connectivity index (χ2n) is 13.0. The summed E-state index contributed by atoms with van der Waals surface area (Å²) in [6.07, 6.45) is 0. The van der Waals surface area contributed by atoms with E-state index in [1.165, 1.54) is 25.6 Å². The number of pyridine rings is 1. The molecule has 0 N–H and O–H groups in total. The van der Waals surface area contributed by atoms with E-state index in [0.29, 0.717) is 17.6 Å². The van der Waals surface area contributed by atoms with Crippen LogP contribution in [-0.2, 0) is 0 Å². The second-order valence-corrected chi connectivity index (χ2v) is 14.1. The van der Waals surface area contributed by atoms with Crippen molar-refractivity contribution in [3.05, 3.63) is 164 Å². The van der Waals surface area contributed by atoms with Crippen LogP contribution in [0.5, 0.6) is 0 Å². The number of hydrogen-bond acceptors (Lipinski definition) is 5. The van der Waals surface area contributed by atoms with Crippen molar-refractivity contribution in [1.82, 2.24) is 24.5 Å². The van der Waals surface area contributed by atoms with Crippen LogP contribution in [0.4, 0.5) is 0 Å². The first kappa shape index (κ1) is 29.0. The molecular formula is C46H27N5S. The summed E-state index contributed by atoms with van der Waals surface area (Å²) in [4.78, 5) is 20.8. The third-order valence-corrected chi connectivity index (χ3v) is 11.2. The molecule has 0 saturated heterocycles. The smallest absolute Gasteiger partial charge is 0.238 e. The predicted molar refractivity (Wildman–Crippen MR) is 216 cm³/mol. The summed E-state index contributed by atoms with van der Waals surface area (Å²) >= 11 is 1.83. The molecule has 0 aliphatic heterocycles. The van der Waals surface area contributed by atoms with Crippen molar-refractivity contribution in [2.45, 2.75) is 0 Å². The number of para-hydroxylation sites is 2. The molecule has 6 heteroatoms. The monoisotopic (exact) mass is 681 g/mol. The lowest BCUT2D eigenvalue weighted by molar-refractivity contribution is 0.953. The first-order valence-corrected chi connectivity index (χ1v) is 18.1. The Morgan fingerprint density at radius 1 is 0.385 bits per heavy atom. The maximum atomic E-state index is 5.32. The van der Waals surface area contributed by atoms with Gasteiger partial charge in [0.05, 0.1) is 22.2 Å². The third-order valence-electron chi connectivity index (χ3n) is 10.0. The highest BCUT2D eigenvalue weighted by molar-refractivity contribution is 7.26. The van der Waals surface area contributed by atoms with Crippen molar-refractivity contribution in [3.63, 3.8) is 0 Å². The van der Waals surface area contributed by atoms with Gasteiger partial charge in [-0.3, -0.25) is 4.57 Å². The van der Waals surface area contributed by atoms with Crippen LogP contribution in [0.25, 0.3) is 104 Å². The molecule has 7 aromatic carbocycles. The van der Waals surface area contributed by atoms with Crippen molar-refractivity contribution < 1.29 is 0 Å². The van der Waals surface area contributed by atoms with Crippen LogP contribution in [0.2, 0.25) is 0 Å². The molecule has 0 aliphatic carbocycles. The molecule has 0 atom stereocenters. The molecule has 11 aromatic rings. The zero-order valence-electron chi connectivity index (χ0n) is 27.7. The van der Waals surface area contributed by atoms with Gasteiger partial charge in [0, 0.05) is 63.8 Å². The van der Waals surface area contributed by atoms with Crippen molar-refractivity contribution in [3.8, 4) is 40.0 Å². The van der Waals surface area contributed by atoms with Crippen molar-refractivity contribution in [1.29, 1.82) is 0 Å². The van der Waals surface area contributed by atoms with Crippen LogP contribution in [0.3, 0.4) is 0 Å². The molecule has 0 bridgehead atoms. The summed E-state index contributed by atoms with van der Waals surface area (Å²) in [5.41, 5.74) is 6.94. The number of thiophene rings is 1. The average molecular weight is 682 g/mol. The van der Waals surface area contributed by atoms with E-state index in [2.05, 4.69) is 150 Å². The van der Waals surface area contributed by atoms with E-state index in [0.717, 1.165) is 60.5 Å². The van der Waals surface area contributed by atoms with Gasteiger partial charge >= 0.3 is 0 Å². The topological polar surface area (TPSA) is 56.5 Å². The van der Waals surface area contributed by atoms with Gasteiger partial charge in [0.2, 0.25) is 5.95 Å². The summed E-state index contributed by atoms with van der Waals surface area (Å²) in [6.45, 7) is 0. The lowest BCUT2D eigenvalue weighted by atomic mass is 9.95. The number of rotatable bonds is 4. The molecule has 0 fully saturated rings. The minimum atomic E-state index is 0.579. The van der Waals surface area contributed by atoms with E-state index in [4.69, 9.17) is 19.9 Å². The zero-order valence-corrected chi connectivity index (χ0v) is 28.5. The number of nitrogens with zero attached hydrogens (tertiary/aromatic N) is 5. The van der Waals surface area contributed by atoms with Crippen molar-refractivity contribution in [2.75, 3.05) is 0 Å². The highest BCUT2D eigenvalue weighted by Crippen LogP contribution is 2.44. The van der Waals surface area contributed by atoms with Crippen molar-refractivity contribution >= 4 is 75.0 Å². The molecule has 4 aromatic heterocycles. The van der Waals surface area contributed by atoms with Crippen LogP contribution in [0.15, 0.2) is 164 Å². The molecule has 0 amide bonds. The van der Waals surface area contributed by atoms with E-state index in [1.54, 1.807) is 0 Å². The van der Waals surface area contributed by atoms with Gasteiger partial charge in [-0.25, -0.2) is 9.97 Å². The molecule has 11 rings (SSSR count). The fraction of sp³-hybridized carbons (Fsp3) is 0. The Bertz CT molecular complexity index is 3130. The van der Waals surface area contributed by atoms with Gasteiger partial charge in [-0.15, -0.1) is 11.3 Å². The summed E-state index contributed by atoms with van der Waals surface area (Å²) in [5, 5.41) is 8.22. The molecule has 5 nitrogen and oxygen atoms in total. The molecule has 242 valence electrons. The highest BCUT2D eigenvalue weighted by atomic mass is 32.1. The van der Waals surface area contributed by atoms with Gasteiger partial charge < -0.3 is 0 Å². The lowest BCUT2D eigenvalue weighted by Crippen LogP contribution is -2.06. The minimum absolute atomic E-state index is 0.579. The zero-order chi connectivity index (χ0) is 34.2. The molecular weight excluding hydrogens is 655 g/mol. The maximum Gasteiger partial charge on any atom is 0.238 e. The summed E-state index contributed by atoms with van der Waals surface area (Å²) < 4.78 is 4.69. The van der Waals surface area contributed by atoms with Crippen LogP contribution < -0.4 is 0 Å². The Hall–Kier alpha value is -6.76. The average Bonchev–Trinajstić information content (AvgIpc) is 3.77. The third kappa shape index (κ3) is 4.41. The van der Waals surface area contributed by atoms with Crippen LogP contribution >= 0.6 is 11.3 Å². The lowest BCUT2D eigenvalue weighted by Gasteiger charge is -2.14. The Labute approximate surface area is 302 Å². The predicted octanol–water partition coefficient (Wildman–Crippen LogP) is 12.0. The van der Waals surface area contributed by atoms with E-state index in [1.807, 2.05) is 29.5 Å². The number of fused-ring (bicyclic) bond motifs is 10. The molecule has 0 saturated carbocycles. The standard InChI is InChI=1S/C46H27N5S/c1-3-13-28(14-4-1)43-34-24-26-40-42(33-19-9-12-22-39(33)52-40)41(34)35-27-30(23-25-36(35)47-43)45-48-44(29-15-5-2-6-16-29)49-46(50-45)51-37-20-10-7-17-31(37)32-18-8-11-21-38(32)51/h1-27H. The Morgan fingerprint density at radius 2 is 1.00 bits per heavy atom.